The van der Waals surface area contributed by atoms with E-state index in [1.54, 1.807) is 12.4 Å². The molecule has 4 heterocycles. The van der Waals surface area contributed by atoms with E-state index >= 15 is 0 Å². The molecule has 1 fully saturated rings. The first kappa shape index (κ1) is 24.6. The lowest BCUT2D eigenvalue weighted by Gasteiger charge is -2.28. The zero-order chi connectivity index (χ0) is 24.7. The van der Waals surface area contributed by atoms with Crippen LogP contribution >= 0.6 is 11.3 Å². The molecule has 0 bridgehead atoms. The molecular formula is C25H30N6O3S. The van der Waals surface area contributed by atoms with Crippen LogP contribution in [-0.4, -0.2) is 59.5 Å². The number of carbonyl (C=O) groups is 1. The van der Waals surface area contributed by atoms with Crippen LogP contribution < -0.4 is 15.5 Å². The summed E-state index contributed by atoms with van der Waals surface area (Å²) in [5.41, 5.74) is 2.49. The van der Waals surface area contributed by atoms with Crippen LogP contribution in [0.3, 0.4) is 0 Å². The minimum Gasteiger partial charge on any atom is -0.444 e. The van der Waals surface area contributed by atoms with E-state index in [2.05, 4.69) is 30.5 Å². The summed E-state index contributed by atoms with van der Waals surface area (Å²) in [6.07, 6.45) is 10.5. The van der Waals surface area contributed by atoms with Crippen LogP contribution in [0, 0.1) is 0 Å². The van der Waals surface area contributed by atoms with Crippen molar-refractivity contribution >= 4 is 40.1 Å². The predicted molar refractivity (Wildman–Crippen MR) is 139 cm³/mol. The monoisotopic (exact) mass is 494 g/mol. The Morgan fingerprint density at radius 2 is 2.03 bits per heavy atom. The number of anilines is 3. The van der Waals surface area contributed by atoms with Gasteiger partial charge in [0.05, 0.1) is 18.1 Å². The Labute approximate surface area is 209 Å². The van der Waals surface area contributed by atoms with Crippen LogP contribution in [0.15, 0.2) is 49.1 Å². The second-order valence-corrected chi connectivity index (χ2v) is 9.98. The maximum atomic E-state index is 11.7. The number of aromatic nitrogens is 3. The molecule has 35 heavy (non-hydrogen) atoms. The number of nitrogens with zero attached hydrogens (tertiary/aromatic N) is 4. The average Bonchev–Trinajstić information content (AvgIpc) is 3.30. The van der Waals surface area contributed by atoms with Crippen molar-refractivity contribution in [1.82, 2.24) is 20.3 Å². The fourth-order valence-corrected chi connectivity index (χ4v) is 4.22. The first-order chi connectivity index (χ1) is 16.9. The molecule has 3 aromatic rings. The molecule has 0 atom stereocenters. The van der Waals surface area contributed by atoms with Gasteiger partial charge in [-0.3, -0.25) is 4.98 Å². The van der Waals surface area contributed by atoms with Crippen LogP contribution in [0.25, 0.3) is 16.5 Å². The summed E-state index contributed by atoms with van der Waals surface area (Å²) in [6, 6.07) is 6.08. The summed E-state index contributed by atoms with van der Waals surface area (Å²) < 4.78 is 10.7. The van der Waals surface area contributed by atoms with Gasteiger partial charge < -0.3 is 25.0 Å². The molecule has 9 nitrogen and oxygen atoms in total. The first-order valence-corrected chi connectivity index (χ1v) is 12.3. The normalized spacial score (nSPS) is 14.2. The van der Waals surface area contributed by atoms with E-state index < -0.39 is 11.7 Å². The van der Waals surface area contributed by atoms with Gasteiger partial charge in [-0.15, -0.1) is 0 Å². The zero-order valence-corrected chi connectivity index (χ0v) is 21.0. The fraction of sp³-hybridized carbons (Fsp3) is 0.360. The highest BCUT2D eigenvalue weighted by atomic mass is 32.1. The van der Waals surface area contributed by atoms with Crippen molar-refractivity contribution in [2.45, 2.75) is 26.4 Å². The van der Waals surface area contributed by atoms with E-state index in [-0.39, 0.29) is 0 Å². The smallest absolute Gasteiger partial charge is 0.407 e. The van der Waals surface area contributed by atoms with Gasteiger partial charge in [0, 0.05) is 61.7 Å². The van der Waals surface area contributed by atoms with Gasteiger partial charge in [-0.1, -0.05) is 23.5 Å². The number of morpholine rings is 1. The Bertz CT molecular complexity index is 1170. The van der Waals surface area contributed by atoms with Crippen molar-refractivity contribution in [2.75, 3.05) is 43.1 Å². The number of hydrogen-bond donors (Lipinski definition) is 2. The fourth-order valence-electron chi connectivity index (χ4n) is 3.42. The van der Waals surface area contributed by atoms with Gasteiger partial charge in [0.2, 0.25) is 0 Å². The number of ether oxygens (including phenoxy) is 2. The van der Waals surface area contributed by atoms with Gasteiger partial charge in [0.1, 0.15) is 11.4 Å². The molecule has 4 rings (SSSR count). The average molecular weight is 495 g/mol. The molecule has 0 unspecified atom stereocenters. The van der Waals surface area contributed by atoms with E-state index in [1.165, 1.54) is 11.3 Å². The van der Waals surface area contributed by atoms with Gasteiger partial charge in [-0.2, -0.15) is 0 Å². The molecule has 0 aromatic carbocycles. The standard InChI is InChI=1S/C25H30N6O3S/c1-25(2,3)34-24(32)28-7-4-5-18-13-19(16-26-15-18)21-17-29-23(35-21)30-22-14-20(6-8-27-22)31-9-11-33-12-10-31/h4-6,8,13-17H,7,9-12H2,1-3H3,(H,28,32)(H,27,29,30). The highest BCUT2D eigenvalue weighted by Crippen LogP contribution is 2.31. The maximum absolute atomic E-state index is 11.7. The van der Waals surface area contributed by atoms with E-state index in [4.69, 9.17) is 9.47 Å². The lowest BCUT2D eigenvalue weighted by Crippen LogP contribution is -2.36. The van der Waals surface area contributed by atoms with Gasteiger partial charge in [-0.05, 0) is 38.5 Å². The minimum absolute atomic E-state index is 0.365. The lowest BCUT2D eigenvalue weighted by atomic mass is 10.2. The molecule has 3 aromatic heterocycles. The summed E-state index contributed by atoms with van der Waals surface area (Å²) in [5.74, 6) is 0.752. The third kappa shape index (κ3) is 7.49. The SMILES string of the molecule is CC(C)(C)OC(=O)NCC=Cc1cncc(-c2cnc(Nc3cc(N4CCOCC4)ccn3)s2)c1. The molecule has 184 valence electrons. The second-order valence-electron chi connectivity index (χ2n) is 8.95. The second kappa shape index (κ2) is 11.3. The Morgan fingerprint density at radius 1 is 1.20 bits per heavy atom. The predicted octanol–water partition coefficient (Wildman–Crippen LogP) is 4.72. The number of nitrogens with one attached hydrogen (secondary N) is 2. The number of pyridine rings is 2. The minimum atomic E-state index is -0.518. The van der Waals surface area contributed by atoms with Crippen LogP contribution in [0.5, 0.6) is 0 Å². The molecule has 0 radical (unpaired) electrons. The number of carbonyl (C=O) groups excluding carboxylic acids is 1. The molecular weight excluding hydrogens is 464 g/mol. The van der Waals surface area contributed by atoms with Crippen molar-refractivity contribution in [3.63, 3.8) is 0 Å². The number of amides is 1. The third-order valence-corrected chi connectivity index (χ3v) is 5.94. The highest BCUT2D eigenvalue weighted by Gasteiger charge is 2.15. The highest BCUT2D eigenvalue weighted by molar-refractivity contribution is 7.18. The van der Waals surface area contributed by atoms with Crippen molar-refractivity contribution in [3.8, 4) is 10.4 Å². The number of thiazole rings is 1. The molecule has 2 N–H and O–H groups in total. The summed E-state index contributed by atoms with van der Waals surface area (Å²) in [6.45, 7) is 9.09. The van der Waals surface area contributed by atoms with E-state index in [0.29, 0.717) is 6.54 Å². The molecule has 1 aliphatic rings. The largest absolute Gasteiger partial charge is 0.444 e. The topological polar surface area (TPSA) is 102 Å². The summed E-state index contributed by atoms with van der Waals surface area (Å²) in [7, 11) is 0. The van der Waals surface area contributed by atoms with Crippen molar-refractivity contribution in [3.05, 3.63) is 54.6 Å². The van der Waals surface area contributed by atoms with Crippen molar-refractivity contribution < 1.29 is 14.3 Å². The van der Waals surface area contributed by atoms with Gasteiger partial charge >= 0.3 is 6.09 Å². The third-order valence-electron chi connectivity index (χ3n) is 4.98. The zero-order valence-electron chi connectivity index (χ0n) is 20.2. The summed E-state index contributed by atoms with van der Waals surface area (Å²) >= 11 is 1.53. The Kier molecular flexibility index (Phi) is 7.94. The van der Waals surface area contributed by atoms with Gasteiger partial charge in [-0.25, -0.2) is 14.8 Å². The Balaban J connectivity index is 1.36. The number of alkyl carbamates (subject to hydrolysis) is 1. The molecule has 10 heteroatoms. The molecule has 0 aliphatic carbocycles. The van der Waals surface area contributed by atoms with Crippen molar-refractivity contribution in [1.29, 1.82) is 0 Å². The quantitative estimate of drug-likeness (QED) is 0.487. The summed E-state index contributed by atoms with van der Waals surface area (Å²) in [5, 5.41) is 6.77. The van der Waals surface area contributed by atoms with Crippen LogP contribution in [-0.2, 0) is 9.47 Å². The molecule has 1 aliphatic heterocycles. The summed E-state index contributed by atoms with van der Waals surface area (Å²) in [4.78, 5) is 28.3. The Morgan fingerprint density at radius 3 is 2.83 bits per heavy atom. The van der Waals surface area contributed by atoms with E-state index in [0.717, 1.165) is 58.9 Å². The van der Waals surface area contributed by atoms with Gasteiger partial charge in [0.25, 0.3) is 0 Å². The number of rotatable bonds is 7. The molecule has 1 amide bonds. The van der Waals surface area contributed by atoms with Crippen LogP contribution in [0.2, 0.25) is 0 Å². The van der Waals surface area contributed by atoms with Crippen molar-refractivity contribution in [2.24, 2.45) is 0 Å². The van der Waals surface area contributed by atoms with Gasteiger partial charge in [0.15, 0.2) is 5.13 Å². The molecule has 0 spiro atoms. The van der Waals surface area contributed by atoms with E-state index in [9.17, 15) is 4.79 Å². The Hall–Kier alpha value is -3.50. The molecule has 1 saturated heterocycles. The van der Waals surface area contributed by atoms with E-state index in [1.807, 2.05) is 63.5 Å². The maximum Gasteiger partial charge on any atom is 0.407 e. The van der Waals surface area contributed by atoms with Crippen LogP contribution in [0.4, 0.5) is 21.4 Å². The lowest BCUT2D eigenvalue weighted by molar-refractivity contribution is 0.0534. The molecule has 0 saturated carbocycles. The number of hydrogen-bond acceptors (Lipinski definition) is 9. The van der Waals surface area contributed by atoms with Crippen LogP contribution in [0.1, 0.15) is 26.3 Å². The first-order valence-electron chi connectivity index (χ1n) is 11.5.